The van der Waals surface area contributed by atoms with E-state index in [9.17, 15) is 101 Å². The lowest BCUT2D eigenvalue weighted by molar-refractivity contribution is -0.142. The van der Waals surface area contributed by atoms with E-state index in [0.29, 0.717) is 25.0 Å². The summed E-state index contributed by atoms with van der Waals surface area (Å²) in [6, 6.07) is -21.4. The summed E-state index contributed by atoms with van der Waals surface area (Å²) >= 11 is 2.71. The minimum Gasteiger partial charge on any atom is -0.481 e. The molecule has 1 heterocycles. The number of nitrogens with two attached hydrogens (primary N) is 5. The maximum absolute atomic E-state index is 14.4. The van der Waals surface area contributed by atoms with Gasteiger partial charge in [0.05, 0.1) is 25.0 Å². The molecule has 0 aliphatic carbocycles. The molecule has 0 aromatic heterocycles. The maximum Gasteiger partial charge on any atom is 0.322 e. The number of aliphatic hydroxyl groups is 1. The van der Waals surface area contributed by atoms with E-state index in [2.05, 4.69) is 69.1 Å². The Labute approximate surface area is 646 Å². The normalized spacial score (nSPS) is 16.4. The van der Waals surface area contributed by atoms with Crippen molar-refractivity contribution in [1.29, 1.82) is 0 Å². The van der Waals surface area contributed by atoms with Gasteiger partial charge in [-0.2, -0.15) is 23.5 Å². The van der Waals surface area contributed by atoms with E-state index in [4.69, 9.17) is 33.8 Å². The summed E-state index contributed by atoms with van der Waals surface area (Å²) in [6.45, 7) is 12.4. The Balaban J connectivity index is 3.56. The minimum absolute atomic E-state index is 0.0915. The van der Waals surface area contributed by atoms with Crippen LogP contribution < -0.4 is 97.8 Å². The van der Waals surface area contributed by atoms with Crippen molar-refractivity contribution in [3.63, 3.8) is 0 Å². The molecule has 0 saturated carbocycles. The molecule has 0 spiro atoms. The van der Waals surface area contributed by atoms with Crippen molar-refractivity contribution >= 4 is 136 Å². The van der Waals surface area contributed by atoms with Gasteiger partial charge < -0.3 is 118 Å². The number of carboxylic acid groups (broad SMARTS) is 2. The lowest BCUT2D eigenvalue weighted by Gasteiger charge is -2.30. The number of hydrogen-bond acceptors (Lipinski definition) is 24. The van der Waals surface area contributed by atoms with E-state index < -0.39 is 266 Å². The standard InChI is InChI=1S/C67H115N19O22S2/c1-31(2)27-42(60(101)83-52(33(5)6)65(106)82-44(29-49(91)92)62(103)85-53(36(9)87)66(107)78-38(15-12-13-23-68)56(97)74-34(7)54(95)73-30-50(93)94)81-58(99)39(17-19-46(70)88)76-59(100)41(22-26-110-11)77-57(98)40(18-20-47(71)89)79-64(105)51(32(3)4)84-61(102)43(28-48(72)90)80-55(96)35(8)75-63(104)45-16-14-24-86(45)67(108)37(69)21-25-109-10/h31-45,51-53,87H,12-30,68-69H2,1-11H3,(H2,70,88)(H2,71,89)(H2,72,90)(H,73,95)(H,74,97)(H,75,104)(H,76,100)(H,77,98)(H,78,107)(H,79,105)(H,80,96)(H,81,99)(H,82,106)(H,83,101)(H,84,102)(H,85,103)(H,91,92)(H,93,94)/t34-,35-,36+,37-,38-,39-,40-,41-,42-,43-,44-,45-,51-,52-,53-/m0/s1. The Morgan fingerprint density at radius 2 is 0.836 bits per heavy atom. The van der Waals surface area contributed by atoms with E-state index >= 15 is 0 Å². The average molecular weight is 1600 g/mol. The number of hydrogen-bond donors (Lipinski definition) is 21. The van der Waals surface area contributed by atoms with Crippen LogP contribution in [0.2, 0.25) is 0 Å². The van der Waals surface area contributed by atoms with Crippen LogP contribution in [0.15, 0.2) is 0 Å². The Morgan fingerprint density at radius 1 is 0.436 bits per heavy atom. The zero-order chi connectivity index (χ0) is 84.0. The molecule has 15 atom stereocenters. The third-order valence-electron chi connectivity index (χ3n) is 17.1. The molecule has 1 aliphatic rings. The number of nitrogens with zero attached hydrogens (tertiary/aromatic N) is 1. The Morgan fingerprint density at radius 3 is 1.28 bits per heavy atom. The highest BCUT2D eigenvalue weighted by molar-refractivity contribution is 7.98. The molecule has 0 bridgehead atoms. The molecule has 17 amide bonds. The number of thioether (sulfide) groups is 2. The lowest BCUT2D eigenvalue weighted by Crippen LogP contribution is -2.62. The first-order valence-corrected chi connectivity index (χ1v) is 38.8. The van der Waals surface area contributed by atoms with Crippen LogP contribution >= 0.6 is 23.5 Å². The third kappa shape index (κ3) is 36.4. The predicted molar refractivity (Wildman–Crippen MR) is 401 cm³/mol. The second-order valence-electron chi connectivity index (χ2n) is 27.7. The number of likely N-dealkylation sites (tertiary alicyclic amines) is 1. The molecule has 41 nitrogen and oxygen atoms in total. The van der Waals surface area contributed by atoms with Gasteiger partial charge >= 0.3 is 11.9 Å². The molecule has 1 aliphatic heterocycles. The molecule has 0 radical (unpaired) electrons. The number of carboxylic acids is 2. The number of unbranched alkanes of at least 4 members (excludes halogenated alkanes) is 1. The van der Waals surface area contributed by atoms with Crippen LogP contribution in [0.1, 0.15) is 152 Å². The molecule has 1 fully saturated rings. The van der Waals surface area contributed by atoms with Gasteiger partial charge in [-0.1, -0.05) is 41.5 Å². The maximum atomic E-state index is 14.4. The molecule has 110 heavy (non-hydrogen) atoms. The zero-order valence-electron chi connectivity index (χ0n) is 64.1. The van der Waals surface area contributed by atoms with Gasteiger partial charge in [0.1, 0.15) is 85.1 Å². The number of aliphatic hydroxyl groups excluding tert-OH is 1. The van der Waals surface area contributed by atoms with E-state index in [1.54, 1.807) is 20.1 Å². The van der Waals surface area contributed by atoms with Crippen LogP contribution in [0, 0.1) is 17.8 Å². The molecule has 1 rings (SSSR count). The number of primary amides is 3. The van der Waals surface area contributed by atoms with Gasteiger partial charge in [-0.3, -0.25) is 91.1 Å². The molecule has 26 N–H and O–H groups in total. The molecule has 0 aromatic rings. The number of nitrogens with one attached hydrogen (secondary N) is 13. The number of carbonyl (C=O) groups excluding carboxylic acids is 17. The molecule has 0 unspecified atom stereocenters. The smallest absolute Gasteiger partial charge is 0.322 e. The lowest BCUT2D eigenvalue weighted by atomic mass is 9.98. The minimum atomic E-state index is -2.03. The molecule has 1 saturated heterocycles. The van der Waals surface area contributed by atoms with Crippen molar-refractivity contribution in [2.24, 2.45) is 46.4 Å². The Hall–Kier alpha value is -9.49. The first-order chi connectivity index (χ1) is 51.4. The summed E-state index contributed by atoms with van der Waals surface area (Å²) in [5, 5.41) is 60.6. The Bertz CT molecular complexity index is 3220. The van der Waals surface area contributed by atoms with Gasteiger partial charge in [0.25, 0.3) is 0 Å². The van der Waals surface area contributed by atoms with E-state index in [-0.39, 0.29) is 50.9 Å². The van der Waals surface area contributed by atoms with Crippen molar-refractivity contribution in [3.05, 3.63) is 0 Å². The van der Waals surface area contributed by atoms with Gasteiger partial charge in [-0.25, -0.2) is 0 Å². The highest BCUT2D eigenvalue weighted by Crippen LogP contribution is 2.20. The molecule has 0 aromatic carbocycles. The summed E-state index contributed by atoms with van der Waals surface area (Å²) in [5.74, 6) is -21.3. The van der Waals surface area contributed by atoms with Crippen molar-refractivity contribution in [1.82, 2.24) is 74.0 Å². The van der Waals surface area contributed by atoms with Crippen LogP contribution in [-0.4, -0.2) is 267 Å². The van der Waals surface area contributed by atoms with Crippen molar-refractivity contribution < 1.29 is 106 Å². The van der Waals surface area contributed by atoms with Gasteiger partial charge in [-0.15, -0.1) is 0 Å². The fourth-order valence-corrected chi connectivity index (χ4v) is 11.9. The van der Waals surface area contributed by atoms with Crippen LogP contribution in [0.4, 0.5) is 0 Å². The fraction of sp³-hybridized carbons (Fsp3) is 0.716. The van der Waals surface area contributed by atoms with Crippen molar-refractivity contribution in [2.75, 3.05) is 43.7 Å². The monoisotopic (exact) mass is 1600 g/mol. The zero-order valence-corrected chi connectivity index (χ0v) is 65.7. The summed E-state index contributed by atoms with van der Waals surface area (Å²) in [7, 11) is 0. The second kappa shape index (κ2) is 50.3. The number of carbonyl (C=O) groups is 19. The summed E-state index contributed by atoms with van der Waals surface area (Å²) in [5.41, 5.74) is 28.2. The van der Waals surface area contributed by atoms with Crippen LogP contribution in [-0.2, 0) is 91.1 Å². The Kier molecular flexibility index (Phi) is 45.1. The van der Waals surface area contributed by atoms with E-state index in [1.165, 1.54) is 70.0 Å². The average Bonchev–Trinajstić information content (AvgIpc) is 1.55. The van der Waals surface area contributed by atoms with E-state index in [1.807, 2.05) is 6.26 Å². The summed E-state index contributed by atoms with van der Waals surface area (Å²) in [4.78, 5) is 255. The highest BCUT2D eigenvalue weighted by Gasteiger charge is 2.41. The van der Waals surface area contributed by atoms with Crippen molar-refractivity contribution in [2.45, 2.75) is 243 Å². The van der Waals surface area contributed by atoms with Gasteiger partial charge in [0.2, 0.25) is 100 Å². The SMILES string of the molecule is CSCC[C@H](NC(=O)[C@H](CCC(N)=O)NC(=O)[C@@H](NC(=O)[C@H](CC(N)=O)NC(=O)[C@H](C)NC(=O)[C@@H]1CCCN1C(=O)[C@@H](N)CCSC)C(C)C)C(=O)N[C@@H](CCC(N)=O)C(=O)N[C@@H](CC(C)C)C(=O)N[C@H](C(=O)N[C@@H](CC(=O)O)C(=O)N[C@H](C(=O)N[C@@H](CCCCN)C(=O)N[C@@H](C)C(=O)NCC(=O)O)[C@@H](C)O)C(C)C. The molecular weight excluding hydrogens is 1490 g/mol. The second-order valence-corrected chi connectivity index (χ2v) is 29.7. The number of aliphatic carboxylic acids is 2. The van der Waals surface area contributed by atoms with E-state index in [0.717, 1.165) is 6.92 Å². The quantitative estimate of drug-likeness (QED) is 0.0252. The molecule has 43 heteroatoms. The van der Waals surface area contributed by atoms with Gasteiger partial charge in [0, 0.05) is 19.4 Å². The van der Waals surface area contributed by atoms with Gasteiger partial charge in [-0.05, 0) is 133 Å². The fourth-order valence-electron chi connectivity index (χ4n) is 11.0. The van der Waals surface area contributed by atoms with Crippen LogP contribution in [0.5, 0.6) is 0 Å². The summed E-state index contributed by atoms with van der Waals surface area (Å²) in [6.07, 6.45) is -0.983. The first kappa shape index (κ1) is 98.5. The largest absolute Gasteiger partial charge is 0.481 e. The van der Waals surface area contributed by atoms with Crippen molar-refractivity contribution in [3.8, 4) is 0 Å². The third-order valence-corrected chi connectivity index (χ3v) is 18.4. The topological polar surface area (TPSA) is 675 Å². The highest BCUT2D eigenvalue weighted by atomic mass is 32.2. The first-order valence-electron chi connectivity index (χ1n) is 36.0. The van der Waals surface area contributed by atoms with Gasteiger partial charge in [0.15, 0.2) is 0 Å². The molecule has 622 valence electrons. The predicted octanol–water partition coefficient (Wildman–Crippen LogP) is -7.38. The van der Waals surface area contributed by atoms with Crippen LogP contribution in [0.3, 0.4) is 0 Å². The van der Waals surface area contributed by atoms with Crippen LogP contribution in [0.25, 0.3) is 0 Å². The molecular formula is C67H115N19O22S2. The summed E-state index contributed by atoms with van der Waals surface area (Å²) < 4.78 is 0. The number of amides is 17. The number of rotatable bonds is 53.